The van der Waals surface area contributed by atoms with Gasteiger partial charge in [-0.3, -0.25) is 9.69 Å². The highest BCUT2D eigenvalue weighted by Gasteiger charge is 2.33. The topological polar surface area (TPSA) is 78.6 Å². The first-order valence-electron chi connectivity index (χ1n) is 10.8. The molecule has 1 amide bonds. The fraction of sp³-hybridized carbons (Fsp3) is 0.636. The number of anilines is 1. The Morgan fingerprint density at radius 1 is 1.20 bits per heavy atom. The van der Waals surface area contributed by atoms with Gasteiger partial charge in [0.2, 0.25) is 17.6 Å². The van der Waals surface area contributed by atoms with E-state index in [-0.39, 0.29) is 17.4 Å². The zero-order valence-corrected chi connectivity index (χ0v) is 18.5. The van der Waals surface area contributed by atoms with Crippen molar-refractivity contribution < 1.29 is 9.32 Å². The van der Waals surface area contributed by atoms with Crippen molar-refractivity contribution >= 4 is 11.7 Å². The molecule has 1 atom stereocenters. The van der Waals surface area contributed by atoms with Gasteiger partial charge in [0.15, 0.2) is 0 Å². The minimum absolute atomic E-state index is 0.128. The molecule has 0 saturated carbocycles. The molecule has 4 rings (SSSR count). The molecule has 162 valence electrons. The summed E-state index contributed by atoms with van der Waals surface area (Å²) in [6, 6.07) is 4.14. The number of likely N-dealkylation sites (tertiary alicyclic amines) is 1. The van der Waals surface area contributed by atoms with Gasteiger partial charge in [0.05, 0.1) is 6.04 Å². The number of hydrogen-bond acceptors (Lipinski definition) is 7. The number of pyridine rings is 1. The van der Waals surface area contributed by atoms with E-state index in [1.807, 2.05) is 17.0 Å². The third-order valence-electron chi connectivity index (χ3n) is 5.82. The van der Waals surface area contributed by atoms with Gasteiger partial charge in [-0.1, -0.05) is 25.9 Å². The van der Waals surface area contributed by atoms with Crippen molar-refractivity contribution in [1.29, 1.82) is 0 Å². The predicted octanol–water partition coefficient (Wildman–Crippen LogP) is 2.98. The summed E-state index contributed by atoms with van der Waals surface area (Å²) >= 11 is 0. The standard InChI is InChI=1S/C22H32N6O2/c1-16(29)26-10-12-27(13-11-26)19-14-17(7-8-23-19)20-24-21(30-25-20)18-6-5-9-28(18)15-22(2,3)4/h7-8,14,18H,5-6,9-13,15H2,1-4H3/t18-/m0/s1. The monoisotopic (exact) mass is 412 g/mol. The summed E-state index contributed by atoms with van der Waals surface area (Å²) in [4.78, 5) is 27.4. The maximum Gasteiger partial charge on any atom is 0.244 e. The lowest BCUT2D eigenvalue weighted by Gasteiger charge is -2.34. The number of aromatic nitrogens is 3. The van der Waals surface area contributed by atoms with Crippen LogP contribution in [-0.2, 0) is 4.79 Å². The SMILES string of the molecule is CC(=O)N1CCN(c2cc(-c3noc([C@@H]4CCCN4CC(C)(C)C)n3)ccn2)CC1. The molecule has 2 aromatic rings. The van der Waals surface area contributed by atoms with Crippen LogP contribution in [0.2, 0.25) is 0 Å². The van der Waals surface area contributed by atoms with E-state index in [1.165, 1.54) is 0 Å². The van der Waals surface area contributed by atoms with Crippen molar-refractivity contribution in [3.63, 3.8) is 0 Å². The lowest BCUT2D eigenvalue weighted by Crippen LogP contribution is -2.48. The first-order valence-corrected chi connectivity index (χ1v) is 10.8. The highest BCUT2D eigenvalue weighted by Crippen LogP contribution is 2.34. The Balaban J connectivity index is 1.48. The quantitative estimate of drug-likeness (QED) is 0.764. The molecule has 30 heavy (non-hydrogen) atoms. The van der Waals surface area contributed by atoms with Crippen molar-refractivity contribution in [1.82, 2.24) is 24.9 Å². The van der Waals surface area contributed by atoms with Crippen molar-refractivity contribution in [2.24, 2.45) is 5.41 Å². The summed E-state index contributed by atoms with van der Waals surface area (Å²) in [5, 5.41) is 4.27. The first-order chi connectivity index (χ1) is 14.3. The van der Waals surface area contributed by atoms with Crippen LogP contribution in [0.5, 0.6) is 0 Å². The third kappa shape index (κ3) is 4.64. The predicted molar refractivity (Wildman–Crippen MR) is 115 cm³/mol. The molecule has 0 spiro atoms. The van der Waals surface area contributed by atoms with Gasteiger partial charge in [-0.2, -0.15) is 4.98 Å². The van der Waals surface area contributed by atoms with Gasteiger partial charge in [-0.25, -0.2) is 4.98 Å². The van der Waals surface area contributed by atoms with Gasteiger partial charge in [0.1, 0.15) is 5.82 Å². The summed E-state index contributed by atoms with van der Waals surface area (Å²) in [7, 11) is 0. The van der Waals surface area contributed by atoms with Gasteiger partial charge < -0.3 is 14.3 Å². The number of carbonyl (C=O) groups excluding carboxylic acids is 1. The second-order valence-corrected chi connectivity index (χ2v) is 9.54. The highest BCUT2D eigenvalue weighted by atomic mass is 16.5. The van der Waals surface area contributed by atoms with Crippen molar-refractivity contribution in [2.75, 3.05) is 44.2 Å². The molecule has 8 heteroatoms. The fourth-order valence-electron chi connectivity index (χ4n) is 4.37. The van der Waals surface area contributed by atoms with Gasteiger partial charge in [-0.05, 0) is 36.9 Å². The molecule has 2 aromatic heterocycles. The minimum Gasteiger partial charge on any atom is -0.353 e. The Labute approximate surface area is 178 Å². The van der Waals surface area contributed by atoms with Crippen LogP contribution in [0.1, 0.15) is 52.5 Å². The molecule has 0 bridgehead atoms. The number of carbonyl (C=O) groups is 1. The molecular formula is C22H32N6O2. The van der Waals surface area contributed by atoms with E-state index in [0.29, 0.717) is 11.7 Å². The number of hydrogen-bond donors (Lipinski definition) is 0. The van der Waals surface area contributed by atoms with Gasteiger partial charge in [0, 0.05) is 51.4 Å². The maximum atomic E-state index is 11.6. The average molecular weight is 413 g/mol. The molecule has 0 radical (unpaired) electrons. The lowest BCUT2D eigenvalue weighted by molar-refractivity contribution is -0.129. The summed E-state index contributed by atoms with van der Waals surface area (Å²) in [5.41, 5.74) is 1.14. The van der Waals surface area contributed by atoms with Crippen molar-refractivity contribution in [3.05, 3.63) is 24.2 Å². The second-order valence-electron chi connectivity index (χ2n) is 9.54. The van der Waals surface area contributed by atoms with E-state index in [9.17, 15) is 4.79 Å². The van der Waals surface area contributed by atoms with Crippen LogP contribution in [0, 0.1) is 5.41 Å². The Morgan fingerprint density at radius 3 is 2.67 bits per heavy atom. The number of rotatable bonds is 4. The van der Waals surface area contributed by atoms with Crippen molar-refractivity contribution in [2.45, 2.75) is 46.6 Å². The molecule has 0 aliphatic carbocycles. The van der Waals surface area contributed by atoms with Crippen LogP contribution in [0.25, 0.3) is 11.4 Å². The Bertz CT molecular complexity index is 882. The van der Waals surface area contributed by atoms with Crippen LogP contribution in [0.15, 0.2) is 22.9 Å². The summed E-state index contributed by atoms with van der Waals surface area (Å²) in [6.45, 7) is 13.5. The van der Waals surface area contributed by atoms with Crippen LogP contribution in [-0.4, -0.2) is 70.1 Å². The molecule has 0 aromatic carbocycles. The summed E-state index contributed by atoms with van der Waals surface area (Å²) in [5.74, 6) is 2.33. The molecule has 2 fully saturated rings. The number of nitrogens with zero attached hydrogens (tertiary/aromatic N) is 6. The van der Waals surface area contributed by atoms with Crippen LogP contribution < -0.4 is 4.90 Å². The van der Waals surface area contributed by atoms with Crippen molar-refractivity contribution in [3.8, 4) is 11.4 Å². The van der Waals surface area contributed by atoms with E-state index in [1.54, 1.807) is 13.1 Å². The molecular weight excluding hydrogens is 380 g/mol. The smallest absolute Gasteiger partial charge is 0.244 e. The Kier molecular flexibility index (Phi) is 5.77. The van der Waals surface area contributed by atoms with E-state index in [0.717, 1.165) is 63.5 Å². The maximum absolute atomic E-state index is 11.6. The number of piperazine rings is 1. The molecule has 4 heterocycles. The zero-order chi connectivity index (χ0) is 21.3. The Morgan fingerprint density at radius 2 is 1.97 bits per heavy atom. The van der Waals surface area contributed by atoms with E-state index >= 15 is 0 Å². The highest BCUT2D eigenvalue weighted by molar-refractivity contribution is 5.73. The Hall–Kier alpha value is -2.48. The number of amides is 1. The van der Waals surface area contributed by atoms with Crippen LogP contribution in [0.4, 0.5) is 5.82 Å². The molecule has 0 N–H and O–H groups in total. The second kappa shape index (κ2) is 8.34. The minimum atomic E-state index is 0.128. The zero-order valence-electron chi connectivity index (χ0n) is 18.5. The van der Waals surface area contributed by atoms with Gasteiger partial charge >= 0.3 is 0 Å². The van der Waals surface area contributed by atoms with E-state index in [2.05, 4.69) is 40.7 Å². The van der Waals surface area contributed by atoms with E-state index < -0.39 is 0 Å². The molecule has 2 aliphatic rings. The molecule has 0 unspecified atom stereocenters. The fourth-order valence-corrected chi connectivity index (χ4v) is 4.37. The average Bonchev–Trinajstić information content (AvgIpc) is 3.36. The van der Waals surface area contributed by atoms with Gasteiger partial charge in [0.25, 0.3) is 0 Å². The molecule has 2 saturated heterocycles. The van der Waals surface area contributed by atoms with Crippen LogP contribution >= 0.6 is 0 Å². The largest absolute Gasteiger partial charge is 0.353 e. The summed E-state index contributed by atoms with van der Waals surface area (Å²) in [6.07, 6.45) is 4.00. The lowest BCUT2D eigenvalue weighted by atomic mass is 9.96. The van der Waals surface area contributed by atoms with Gasteiger partial charge in [-0.15, -0.1) is 0 Å². The van der Waals surface area contributed by atoms with Crippen LogP contribution in [0.3, 0.4) is 0 Å². The molecule has 8 nitrogen and oxygen atoms in total. The van der Waals surface area contributed by atoms with E-state index in [4.69, 9.17) is 9.51 Å². The summed E-state index contributed by atoms with van der Waals surface area (Å²) < 4.78 is 5.69. The first kappa shape index (κ1) is 20.8. The molecule has 2 aliphatic heterocycles. The normalized spacial score (nSPS) is 20.7. The third-order valence-corrected chi connectivity index (χ3v) is 5.82.